The van der Waals surface area contributed by atoms with Crippen molar-refractivity contribution in [1.82, 2.24) is 0 Å². The van der Waals surface area contributed by atoms with Crippen LogP contribution < -0.4 is 9.64 Å². The number of hydrogen-bond donors (Lipinski definition) is 0. The molecular formula is C12H14F3NO. The predicted molar refractivity (Wildman–Crippen MR) is 59.4 cm³/mol. The van der Waals surface area contributed by atoms with Crippen molar-refractivity contribution in [2.45, 2.75) is 25.6 Å². The van der Waals surface area contributed by atoms with E-state index < -0.39 is 12.7 Å². The van der Waals surface area contributed by atoms with Crippen molar-refractivity contribution < 1.29 is 17.9 Å². The molecular weight excluding hydrogens is 231 g/mol. The number of anilines is 1. The molecule has 0 spiro atoms. The highest BCUT2D eigenvalue weighted by Crippen LogP contribution is 2.36. The molecule has 0 bridgehead atoms. The Morgan fingerprint density at radius 2 is 2.06 bits per heavy atom. The molecule has 0 saturated heterocycles. The summed E-state index contributed by atoms with van der Waals surface area (Å²) >= 11 is 0. The molecule has 0 saturated carbocycles. The Balaban J connectivity index is 2.31. The summed E-state index contributed by atoms with van der Waals surface area (Å²) < 4.78 is 43.1. The van der Waals surface area contributed by atoms with Crippen LogP contribution in [0, 0.1) is 0 Å². The molecule has 1 unspecified atom stereocenters. The lowest BCUT2D eigenvalue weighted by molar-refractivity contribution is -0.121. The topological polar surface area (TPSA) is 12.5 Å². The summed E-state index contributed by atoms with van der Waals surface area (Å²) in [4.78, 5) is 1.39. The number of benzene rings is 1. The highest BCUT2D eigenvalue weighted by Gasteiger charge is 2.36. The highest BCUT2D eigenvalue weighted by atomic mass is 19.4. The number of ether oxygens (including phenoxy) is 1. The van der Waals surface area contributed by atoms with Gasteiger partial charge in [-0.1, -0.05) is 19.1 Å². The SMILES string of the molecule is CCC1COc2ccccc2N1CC(F)(F)F. The summed E-state index contributed by atoms with van der Waals surface area (Å²) in [6, 6.07) is 6.64. The van der Waals surface area contributed by atoms with Crippen LogP contribution in [0.3, 0.4) is 0 Å². The van der Waals surface area contributed by atoms with E-state index in [4.69, 9.17) is 4.74 Å². The molecule has 1 atom stereocenters. The number of para-hydroxylation sites is 2. The van der Waals surface area contributed by atoms with E-state index in [1.807, 2.05) is 6.92 Å². The molecule has 0 radical (unpaired) electrons. The zero-order valence-corrected chi connectivity index (χ0v) is 9.50. The smallest absolute Gasteiger partial charge is 0.405 e. The molecule has 1 aliphatic rings. The van der Waals surface area contributed by atoms with Crippen molar-refractivity contribution in [3.63, 3.8) is 0 Å². The number of alkyl halides is 3. The van der Waals surface area contributed by atoms with Gasteiger partial charge in [-0.2, -0.15) is 13.2 Å². The fourth-order valence-electron chi connectivity index (χ4n) is 2.03. The molecule has 17 heavy (non-hydrogen) atoms. The van der Waals surface area contributed by atoms with Gasteiger partial charge < -0.3 is 9.64 Å². The Kier molecular flexibility index (Phi) is 3.17. The fraction of sp³-hybridized carbons (Fsp3) is 0.500. The Morgan fingerprint density at radius 1 is 1.35 bits per heavy atom. The van der Waals surface area contributed by atoms with Gasteiger partial charge >= 0.3 is 6.18 Å². The largest absolute Gasteiger partial charge is 0.489 e. The standard InChI is InChI=1S/C12H14F3NO/c1-2-9-7-17-11-6-4-3-5-10(11)16(9)8-12(13,14)15/h3-6,9H,2,7-8H2,1H3. The molecule has 1 aromatic carbocycles. The second-order valence-electron chi connectivity index (χ2n) is 4.08. The maximum absolute atomic E-state index is 12.6. The maximum Gasteiger partial charge on any atom is 0.405 e. The number of halogens is 3. The van der Waals surface area contributed by atoms with Gasteiger partial charge in [0.2, 0.25) is 0 Å². The predicted octanol–water partition coefficient (Wildman–Crippen LogP) is 3.23. The lowest BCUT2D eigenvalue weighted by Crippen LogP contribution is -2.47. The van der Waals surface area contributed by atoms with Gasteiger partial charge in [-0.25, -0.2) is 0 Å². The van der Waals surface area contributed by atoms with Crippen molar-refractivity contribution in [3.8, 4) is 5.75 Å². The summed E-state index contributed by atoms with van der Waals surface area (Å²) in [5.74, 6) is 0.529. The second kappa shape index (κ2) is 4.47. The minimum atomic E-state index is -4.20. The Bertz CT molecular complexity index is 392. The first-order valence-corrected chi connectivity index (χ1v) is 5.56. The van der Waals surface area contributed by atoms with Gasteiger partial charge in [0.15, 0.2) is 0 Å². The summed E-state index contributed by atoms with van der Waals surface area (Å²) in [6.07, 6.45) is -3.57. The van der Waals surface area contributed by atoms with Crippen LogP contribution in [0.15, 0.2) is 24.3 Å². The van der Waals surface area contributed by atoms with Crippen LogP contribution in [0.1, 0.15) is 13.3 Å². The maximum atomic E-state index is 12.6. The van der Waals surface area contributed by atoms with E-state index in [2.05, 4.69) is 0 Å². The van der Waals surface area contributed by atoms with Gasteiger partial charge in [-0.3, -0.25) is 0 Å². The summed E-state index contributed by atoms with van der Waals surface area (Å²) in [6.45, 7) is 1.25. The molecule has 0 aliphatic carbocycles. The summed E-state index contributed by atoms with van der Waals surface area (Å²) in [7, 11) is 0. The molecule has 0 aromatic heterocycles. The normalized spacial score (nSPS) is 19.8. The molecule has 0 amide bonds. The van der Waals surface area contributed by atoms with E-state index in [-0.39, 0.29) is 6.04 Å². The lowest BCUT2D eigenvalue weighted by Gasteiger charge is -2.38. The van der Waals surface area contributed by atoms with Crippen molar-refractivity contribution >= 4 is 5.69 Å². The average molecular weight is 245 g/mol. The third kappa shape index (κ3) is 2.65. The molecule has 0 N–H and O–H groups in total. The fourth-order valence-corrected chi connectivity index (χ4v) is 2.03. The van der Waals surface area contributed by atoms with Gasteiger partial charge in [-0.15, -0.1) is 0 Å². The van der Waals surface area contributed by atoms with Gasteiger partial charge in [-0.05, 0) is 18.6 Å². The van der Waals surface area contributed by atoms with Crippen molar-refractivity contribution in [1.29, 1.82) is 0 Å². The third-order valence-corrected chi connectivity index (χ3v) is 2.87. The van der Waals surface area contributed by atoms with E-state index >= 15 is 0 Å². The summed E-state index contributed by atoms with van der Waals surface area (Å²) in [5, 5.41) is 0. The van der Waals surface area contributed by atoms with Crippen LogP contribution in [-0.2, 0) is 0 Å². The lowest BCUT2D eigenvalue weighted by atomic mass is 10.1. The first-order valence-electron chi connectivity index (χ1n) is 5.56. The van der Waals surface area contributed by atoms with Crippen LogP contribution >= 0.6 is 0 Å². The Labute approximate surface area is 98.0 Å². The average Bonchev–Trinajstić information content (AvgIpc) is 2.28. The number of rotatable bonds is 2. The zero-order chi connectivity index (χ0) is 12.5. The van der Waals surface area contributed by atoms with Crippen LogP contribution in [0.4, 0.5) is 18.9 Å². The Hall–Kier alpha value is -1.39. The minimum absolute atomic E-state index is 0.216. The Morgan fingerprint density at radius 3 is 2.71 bits per heavy atom. The molecule has 94 valence electrons. The molecule has 1 aliphatic heterocycles. The van der Waals surface area contributed by atoms with Crippen LogP contribution in [0.2, 0.25) is 0 Å². The zero-order valence-electron chi connectivity index (χ0n) is 9.50. The van der Waals surface area contributed by atoms with E-state index in [0.29, 0.717) is 24.5 Å². The van der Waals surface area contributed by atoms with Gasteiger partial charge in [0.1, 0.15) is 18.9 Å². The number of hydrogen-bond acceptors (Lipinski definition) is 2. The number of fused-ring (bicyclic) bond motifs is 1. The van der Waals surface area contributed by atoms with E-state index in [9.17, 15) is 13.2 Å². The monoisotopic (exact) mass is 245 g/mol. The van der Waals surface area contributed by atoms with Gasteiger partial charge in [0, 0.05) is 0 Å². The van der Waals surface area contributed by atoms with Crippen LogP contribution in [-0.4, -0.2) is 25.4 Å². The molecule has 2 rings (SSSR count). The molecule has 5 heteroatoms. The first-order chi connectivity index (χ1) is 8.01. The second-order valence-corrected chi connectivity index (χ2v) is 4.08. The minimum Gasteiger partial charge on any atom is -0.489 e. The molecule has 2 nitrogen and oxygen atoms in total. The van der Waals surface area contributed by atoms with E-state index in [1.165, 1.54) is 4.90 Å². The van der Waals surface area contributed by atoms with Crippen molar-refractivity contribution in [2.75, 3.05) is 18.1 Å². The highest BCUT2D eigenvalue weighted by molar-refractivity contribution is 5.60. The van der Waals surface area contributed by atoms with Gasteiger partial charge in [0.05, 0.1) is 11.7 Å². The van der Waals surface area contributed by atoms with E-state index in [1.54, 1.807) is 24.3 Å². The molecule has 0 fully saturated rings. The van der Waals surface area contributed by atoms with Crippen molar-refractivity contribution in [3.05, 3.63) is 24.3 Å². The quantitative estimate of drug-likeness (QED) is 0.793. The van der Waals surface area contributed by atoms with Gasteiger partial charge in [0.25, 0.3) is 0 Å². The van der Waals surface area contributed by atoms with E-state index in [0.717, 1.165) is 0 Å². The van der Waals surface area contributed by atoms with Crippen LogP contribution in [0.25, 0.3) is 0 Å². The van der Waals surface area contributed by atoms with Crippen LogP contribution in [0.5, 0.6) is 5.75 Å². The number of nitrogens with zero attached hydrogens (tertiary/aromatic N) is 1. The third-order valence-electron chi connectivity index (χ3n) is 2.87. The molecule has 1 heterocycles. The molecule has 1 aromatic rings. The van der Waals surface area contributed by atoms with Crippen molar-refractivity contribution in [2.24, 2.45) is 0 Å². The summed E-state index contributed by atoms with van der Waals surface area (Å²) in [5.41, 5.74) is 0.530. The first kappa shape index (κ1) is 12.1.